The van der Waals surface area contributed by atoms with Crippen molar-refractivity contribution < 1.29 is 0 Å². The van der Waals surface area contributed by atoms with Gasteiger partial charge in [0.2, 0.25) is 0 Å². The lowest BCUT2D eigenvalue weighted by atomic mass is 10.1. The fourth-order valence-electron chi connectivity index (χ4n) is 3.49. The van der Waals surface area contributed by atoms with Gasteiger partial charge in [0.05, 0.1) is 0 Å². The molecule has 0 radical (unpaired) electrons. The van der Waals surface area contributed by atoms with Crippen LogP contribution >= 0.6 is 11.8 Å². The second-order valence-corrected chi connectivity index (χ2v) is 9.20. The van der Waals surface area contributed by atoms with E-state index in [-0.39, 0.29) is 0 Å². The molecule has 0 spiro atoms. The second kappa shape index (κ2) is 30.8. The third-order valence-electron chi connectivity index (χ3n) is 5.28. The van der Waals surface area contributed by atoms with Crippen LogP contribution in [0.25, 0.3) is 0 Å². The molecule has 27 heavy (non-hydrogen) atoms. The summed E-state index contributed by atoms with van der Waals surface area (Å²) in [6, 6.07) is 0. The molecule has 0 aliphatic carbocycles. The standard InChI is InChI=1S/C24H50S.C2H4/c1-3-5-7-9-11-13-15-17-19-21-23-25-24-22-20-18-16-14-12-10-8-6-4-2;1-2/h3-24H2,1-2H3;1-2H2. The minimum absolute atomic E-state index is 1.37. The Morgan fingerprint density at radius 2 is 0.593 bits per heavy atom. The lowest BCUT2D eigenvalue weighted by Crippen LogP contribution is -1.87. The maximum Gasteiger partial charge on any atom is -0.00675 e. The van der Waals surface area contributed by atoms with Crippen LogP contribution in [0.2, 0.25) is 0 Å². The Balaban J connectivity index is 0. The highest BCUT2D eigenvalue weighted by Gasteiger charge is 1.95. The van der Waals surface area contributed by atoms with Crippen LogP contribution in [0.1, 0.15) is 142 Å². The minimum Gasteiger partial charge on any atom is -0.162 e. The molecule has 0 rings (SSSR count). The number of rotatable bonds is 22. The summed E-state index contributed by atoms with van der Waals surface area (Å²) in [6.07, 6.45) is 29.2. The van der Waals surface area contributed by atoms with Gasteiger partial charge < -0.3 is 0 Å². The first kappa shape index (κ1) is 29.3. The van der Waals surface area contributed by atoms with Gasteiger partial charge in [0, 0.05) is 0 Å². The van der Waals surface area contributed by atoms with Crippen LogP contribution in [-0.2, 0) is 0 Å². The summed E-state index contributed by atoms with van der Waals surface area (Å²) in [5.74, 6) is 2.82. The normalized spacial score (nSPS) is 10.6. The van der Waals surface area contributed by atoms with Crippen LogP contribution in [0.5, 0.6) is 0 Å². The number of unbranched alkanes of at least 4 members (excludes halogenated alkanes) is 18. The van der Waals surface area contributed by atoms with Gasteiger partial charge in [-0.3, -0.25) is 0 Å². The summed E-state index contributed by atoms with van der Waals surface area (Å²) in [7, 11) is 0. The molecule has 0 N–H and O–H groups in total. The van der Waals surface area contributed by atoms with E-state index in [1.165, 1.54) is 140 Å². The number of thioether (sulfide) groups is 1. The van der Waals surface area contributed by atoms with Crippen molar-refractivity contribution in [3.63, 3.8) is 0 Å². The zero-order chi connectivity index (χ0) is 20.3. The van der Waals surface area contributed by atoms with Gasteiger partial charge in [-0.15, -0.1) is 13.2 Å². The van der Waals surface area contributed by atoms with E-state index in [0.717, 1.165) is 0 Å². The lowest BCUT2D eigenvalue weighted by Gasteiger charge is -2.04. The molecule has 0 fully saturated rings. The van der Waals surface area contributed by atoms with Crippen LogP contribution in [0.15, 0.2) is 13.2 Å². The van der Waals surface area contributed by atoms with Gasteiger partial charge in [0.25, 0.3) is 0 Å². The number of hydrogen-bond acceptors (Lipinski definition) is 1. The van der Waals surface area contributed by atoms with Crippen molar-refractivity contribution in [2.75, 3.05) is 11.5 Å². The monoisotopic (exact) mass is 398 g/mol. The topological polar surface area (TPSA) is 0 Å². The molecule has 0 saturated heterocycles. The smallest absolute Gasteiger partial charge is 0.00675 e. The van der Waals surface area contributed by atoms with E-state index in [9.17, 15) is 0 Å². The summed E-state index contributed by atoms with van der Waals surface area (Å²) in [4.78, 5) is 0. The molecule has 0 aliphatic rings. The van der Waals surface area contributed by atoms with Gasteiger partial charge >= 0.3 is 0 Å². The van der Waals surface area contributed by atoms with Gasteiger partial charge in [-0.1, -0.05) is 129 Å². The first-order valence-corrected chi connectivity index (χ1v) is 13.6. The lowest BCUT2D eigenvalue weighted by molar-refractivity contribution is 0.562. The minimum atomic E-state index is 1.37. The fourth-order valence-corrected chi connectivity index (χ4v) is 4.51. The molecule has 0 aromatic rings. The number of hydrogen-bond donors (Lipinski definition) is 0. The molecule has 0 atom stereocenters. The van der Waals surface area contributed by atoms with E-state index >= 15 is 0 Å². The van der Waals surface area contributed by atoms with Crippen molar-refractivity contribution in [1.82, 2.24) is 0 Å². The molecule has 0 nitrogen and oxygen atoms in total. The Labute approximate surface area is 178 Å². The molecule has 0 heterocycles. The maximum atomic E-state index is 3.00. The Morgan fingerprint density at radius 3 is 0.852 bits per heavy atom. The zero-order valence-electron chi connectivity index (χ0n) is 19.4. The Hall–Kier alpha value is 0.0900. The molecule has 0 aromatic carbocycles. The molecular formula is C26H54S. The molecule has 0 aliphatic heterocycles. The Morgan fingerprint density at radius 1 is 0.370 bits per heavy atom. The van der Waals surface area contributed by atoms with Gasteiger partial charge in [-0.25, -0.2) is 0 Å². The van der Waals surface area contributed by atoms with Crippen molar-refractivity contribution in [2.24, 2.45) is 0 Å². The van der Waals surface area contributed by atoms with E-state index < -0.39 is 0 Å². The predicted octanol–water partition coefficient (Wildman–Crippen LogP) is 10.4. The summed E-state index contributed by atoms with van der Waals surface area (Å²) in [6.45, 7) is 10.6. The summed E-state index contributed by atoms with van der Waals surface area (Å²) in [5.41, 5.74) is 0. The highest BCUT2D eigenvalue weighted by Crippen LogP contribution is 2.15. The Kier molecular flexibility index (Phi) is 33.4. The third-order valence-corrected chi connectivity index (χ3v) is 6.44. The summed E-state index contributed by atoms with van der Waals surface area (Å²) in [5, 5.41) is 0. The quantitative estimate of drug-likeness (QED) is 0.129. The zero-order valence-corrected chi connectivity index (χ0v) is 20.2. The van der Waals surface area contributed by atoms with E-state index in [1.807, 2.05) is 0 Å². The van der Waals surface area contributed by atoms with E-state index in [1.54, 1.807) is 0 Å². The van der Waals surface area contributed by atoms with E-state index in [0.29, 0.717) is 0 Å². The van der Waals surface area contributed by atoms with Crippen molar-refractivity contribution in [1.29, 1.82) is 0 Å². The molecule has 0 saturated carbocycles. The molecular weight excluding hydrogens is 344 g/mol. The highest BCUT2D eigenvalue weighted by atomic mass is 32.2. The molecule has 1 heteroatoms. The summed E-state index contributed by atoms with van der Waals surface area (Å²) >= 11 is 2.21. The Bertz CT molecular complexity index is 204. The SMILES string of the molecule is C=C.CCCCCCCCCCCCSCCCCCCCCCCCC. The second-order valence-electron chi connectivity index (χ2n) is 7.98. The van der Waals surface area contributed by atoms with Crippen molar-refractivity contribution in [3.05, 3.63) is 13.2 Å². The average molecular weight is 399 g/mol. The summed E-state index contributed by atoms with van der Waals surface area (Å²) < 4.78 is 0. The third kappa shape index (κ3) is 31.0. The van der Waals surface area contributed by atoms with Crippen LogP contribution in [-0.4, -0.2) is 11.5 Å². The van der Waals surface area contributed by atoms with Crippen molar-refractivity contribution >= 4 is 11.8 Å². The fraction of sp³-hybridized carbons (Fsp3) is 0.923. The highest BCUT2D eigenvalue weighted by molar-refractivity contribution is 7.99. The maximum absolute atomic E-state index is 3.00. The van der Waals surface area contributed by atoms with Gasteiger partial charge in [0.15, 0.2) is 0 Å². The predicted molar refractivity (Wildman–Crippen MR) is 132 cm³/mol. The van der Waals surface area contributed by atoms with Crippen molar-refractivity contribution in [3.8, 4) is 0 Å². The molecule has 0 unspecified atom stereocenters. The van der Waals surface area contributed by atoms with Crippen LogP contribution in [0.3, 0.4) is 0 Å². The van der Waals surface area contributed by atoms with Crippen molar-refractivity contribution in [2.45, 2.75) is 142 Å². The van der Waals surface area contributed by atoms with E-state index in [4.69, 9.17) is 0 Å². The average Bonchev–Trinajstić information content (AvgIpc) is 2.70. The van der Waals surface area contributed by atoms with E-state index in [2.05, 4.69) is 38.8 Å². The molecule has 0 aromatic heterocycles. The van der Waals surface area contributed by atoms with Crippen LogP contribution in [0.4, 0.5) is 0 Å². The largest absolute Gasteiger partial charge is 0.162 e. The first-order chi connectivity index (χ1) is 13.4. The first-order valence-electron chi connectivity index (χ1n) is 12.5. The van der Waals surface area contributed by atoms with Gasteiger partial charge in [0.1, 0.15) is 0 Å². The van der Waals surface area contributed by atoms with Crippen LogP contribution in [0, 0.1) is 0 Å². The molecule has 0 amide bonds. The van der Waals surface area contributed by atoms with Gasteiger partial charge in [-0.05, 0) is 24.3 Å². The molecule has 0 bridgehead atoms. The van der Waals surface area contributed by atoms with Crippen LogP contribution < -0.4 is 0 Å². The van der Waals surface area contributed by atoms with Gasteiger partial charge in [-0.2, -0.15) is 11.8 Å². The molecule has 164 valence electrons.